The second-order valence-corrected chi connectivity index (χ2v) is 6.09. The van der Waals surface area contributed by atoms with Gasteiger partial charge >= 0.3 is 0 Å². The largest absolute Gasteiger partial charge is 0.486 e. The molecule has 1 aromatic carbocycles. The fraction of sp³-hybridized carbons (Fsp3) is 0.455. The first-order chi connectivity index (χ1) is 7.36. The normalized spacial score (nSPS) is 17.9. The lowest BCUT2D eigenvalue weighted by molar-refractivity contribution is 0.134. The van der Waals surface area contributed by atoms with Gasteiger partial charge in [0.25, 0.3) is 10.1 Å². The zero-order valence-corrected chi connectivity index (χ0v) is 10.3. The monoisotopic (exact) mass is 242 g/mol. The average Bonchev–Trinajstić information content (AvgIpc) is 2.50. The van der Waals surface area contributed by atoms with Crippen LogP contribution in [0.2, 0.25) is 0 Å². The van der Waals surface area contributed by atoms with Gasteiger partial charge in [0.15, 0.2) is 0 Å². The highest BCUT2D eigenvalue weighted by atomic mass is 32.2. The van der Waals surface area contributed by atoms with Gasteiger partial charge in [-0.15, -0.1) is 0 Å². The Balaban J connectivity index is 2.58. The number of hydrogen-bond donors (Lipinski definition) is 0. The molecule has 0 saturated heterocycles. The summed E-state index contributed by atoms with van der Waals surface area (Å²) < 4.78 is 33.5. The second-order valence-electron chi connectivity index (χ2n) is 4.40. The van der Waals surface area contributed by atoms with E-state index in [0.717, 1.165) is 12.7 Å². The minimum atomic E-state index is -3.70. The summed E-state index contributed by atoms with van der Waals surface area (Å²) in [5.74, 6) is 0.425. The molecule has 88 valence electrons. The first-order valence-electron chi connectivity index (χ1n) is 4.97. The van der Waals surface area contributed by atoms with Crippen molar-refractivity contribution in [2.75, 3.05) is 7.11 Å². The van der Waals surface area contributed by atoms with Crippen molar-refractivity contribution in [2.45, 2.75) is 30.8 Å². The van der Waals surface area contributed by atoms with Gasteiger partial charge in [-0.25, -0.2) is 0 Å². The number of ether oxygens (including phenoxy) is 1. The highest BCUT2D eigenvalue weighted by Gasteiger charge is 2.34. The molecule has 0 atom stereocenters. The molecule has 1 aliphatic heterocycles. The van der Waals surface area contributed by atoms with Crippen LogP contribution in [0.15, 0.2) is 23.1 Å². The van der Waals surface area contributed by atoms with E-state index in [-0.39, 0.29) is 10.5 Å². The first kappa shape index (κ1) is 11.4. The fourth-order valence-electron chi connectivity index (χ4n) is 1.87. The summed E-state index contributed by atoms with van der Waals surface area (Å²) in [6.45, 7) is 3.85. The van der Waals surface area contributed by atoms with Gasteiger partial charge in [0.05, 0.1) is 7.11 Å². The third-order valence-electron chi connectivity index (χ3n) is 2.54. The molecule has 0 radical (unpaired) electrons. The minimum absolute atomic E-state index is 0.109. The van der Waals surface area contributed by atoms with Crippen LogP contribution in [0.3, 0.4) is 0 Å². The van der Waals surface area contributed by atoms with Crippen LogP contribution < -0.4 is 4.74 Å². The zero-order valence-electron chi connectivity index (χ0n) is 9.48. The molecule has 2 rings (SSSR count). The lowest BCUT2D eigenvalue weighted by atomic mass is 10.0. The summed E-state index contributed by atoms with van der Waals surface area (Å²) in [7, 11) is -2.55. The smallest absolute Gasteiger partial charge is 0.300 e. The van der Waals surface area contributed by atoms with E-state index in [1.54, 1.807) is 6.07 Å². The Morgan fingerprint density at radius 2 is 2.06 bits per heavy atom. The van der Waals surface area contributed by atoms with Crippen molar-refractivity contribution >= 4 is 10.1 Å². The Hall–Kier alpha value is -1.07. The molecule has 16 heavy (non-hydrogen) atoms. The van der Waals surface area contributed by atoms with Gasteiger partial charge in [-0.2, -0.15) is 8.42 Å². The molecule has 0 fully saturated rings. The molecule has 0 unspecified atom stereocenters. The number of rotatable bonds is 2. The van der Waals surface area contributed by atoms with Crippen molar-refractivity contribution in [3.63, 3.8) is 0 Å². The molecular formula is C11H14O4S. The molecule has 0 aliphatic carbocycles. The van der Waals surface area contributed by atoms with Gasteiger partial charge in [0.2, 0.25) is 0 Å². The maximum absolute atomic E-state index is 11.7. The van der Waals surface area contributed by atoms with E-state index in [1.165, 1.54) is 6.07 Å². The van der Waals surface area contributed by atoms with E-state index in [1.807, 2.05) is 19.9 Å². The molecule has 0 spiro atoms. The van der Waals surface area contributed by atoms with E-state index < -0.39 is 10.1 Å². The molecule has 0 aromatic heterocycles. The van der Waals surface area contributed by atoms with E-state index in [9.17, 15) is 8.42 Å². The van der Waals surface area contributed by atoms with Crippen LogP contribution >= 0.6 is 0 Å². The second kappa shape index (κ2) is 3.46. The van der Waals surface area contributed by atoms with Crippen LogP contribution in [0.1, 0.15) is 19.4 Å². The number of fused-ring (bicyclic) bond motifs is 1. The van der Waals surface area contributed by atoms with Crippen LogP contribution in [0.25, 0.3) is 0 Å². The summed E-state index contributed by atoms with van der Waals surface area (Å²) >= 11 is 0. The standard InChI is InChI=1S/C11H14O4S/c1-11(2)7-8-5-4-6-9(10(8)15-11)16(12,13)14-3/h4-6H,7H2,1-3H3. The molecule has 1 aromatic rings. The van der Waals surface area contributed by atoms with E-state index in [4.69, 9.17) is 4.74 Å². The zero-order chi connectivity index (χ0) is 12.0. The third kappa shape index (κ3) is 1.81. The molecule has 0 bridgehead atoms. The van der Waals surface area contributed by atoms with Gasteiger partial charge < -0.3 is 4.74 Å². The molecule has 5 heteroatoms. The highest BCUT2D eigenvalue weighted by Crippen LogP contribution is 2.39. The van der Waals surface area contributed by atoms with E-state index in [0.29, 0.717) is 12.2 Å². The van der Waals surface area contributed by atoms with Crippen LogP contribution in [-0.4, -0.2) is 21.1 Å². The quantitative estimate of drug-likeness (QED) is 0.741. The lowest BCUT2D eigenvalue weighted by Crippen LogP contribution is -2.25. The maximum atomic E-state index is 11.7. The Morgan fingerprint density at radius 1 is 1.38 bits per heavy atom. The summed E-state index contributed by atoms with van der Waals surface area (Å²) in [6.07, 6.45) is 0.704. The SMILES string of the molecule is COS(=O)(=O)c1cccc2c1OC(C)(C)C2. The minimum Gasteiger partial charge on any atom is -0.486 e. The van der Waals surface area contributed by atoms with Crippen molar-refractivity contribution in [2.24, 2.45) is 0 Å². The molecule has 0 amide bonds. The van der Waals surface area contributed by atoms with Crippen molar-refractivity contribution in [1.29, 1.82) is 0 Å². The van der Waals surface area contributed by atoms with Crippen LogP contribution in [0.4, 0.5) is 0 Å². The molecule has 0 N–H and O–H groups in total. The molecule has 1 heterocycles. The predicted molar refractivity (Wildman–Crippen MR) is 59.0 cm³/mol. The topological polar surface area (TPSA) is 52.6 Å². The van der Waals surface area contributed by atoms with Crippen LogP contribution in [0.5, 0.6) is 5.75 Å². The maximum Gasteiger partial charge on any atom is 0.300 e. The van der Waals surface area contributed by atoms with Crippen molar-refractivity contribution in [3.05, 3.63) is 23.8 Å². The van der Waals surface area contributed by atoms with E-state index >= 15 is 0 Å². The third-order valence-corrected chi connectivity index (χ3v) is 3.84. The summed E-state index contributed by atoms with van der Waals surface area (Å²) in [4.78, 5) is 0.109. The van der Waals surface area contributed by atoms with Crippen LogP contribution in [0, 0.1) is 0 Å². The number of benzene rings is 1. The Bertz CT molecular complexity index is 517. The molecule has 0 saturated carbocycles. The van der Waals surface area contributed by atoms with Gasteiger partial charge in [0, 0.05) is 6.42 Å². The molecule has 1 aliphatic rings. The van der Waals surface area contributed by atoms with Gasteiger partial charge in [-0.3, -0.25) is 4.18 Å². The first-order valence-corrected chi connectivity index (χ1v) is 6.38. The van der Waals surface area contributed by atoms with Crippen LogP contribution in [-0.2, 0) is 20.7 Å². The van der Waals surface area contributed by atoms with Crippen molar-refractivity contribution < 1.29 is 17.3 Å². The Labute approximate surface area is 95.3 Å². The fourth-order valence-corrected chi connectivity index (χ4v) is 2.70. The molecule has 4 nitrogen and oxygen atoms in total. The summed E-state index contributed by atoms with van der Waals surface area (Å²) in [5, 5.41) is 0. The number of hydrogen-bond acceptors (Lipinski definition) is 4. The van der Waals surface area contributed by atoms with Gasteiger partial charge in [0.1, 0.15) is 16.2 Å². The lowest BCUT2D eigenvalue weighted by Gasteiger charge is -2.17. The van der Waals surface area contributed by atoms with Gasteiger partial charge in [-0.05, 0) is 25.5 Å². The molecular weight excluding hydrogens is 228 g/mol. The highest BCUT2D eigenvalue weighted by molar-refractivity contribution is 7.86. The average molecular weight is 242 g/mol. The Morgan fingerprint density at radius 3 is 2.69 bits per heavy atom. The predicted octanol–water partition coefficient (Wildman–Crippen LogP) is 1.74. The summed E-state index contributed by atoms with van der Waals surface area (Å²) in [6, 6.07) is 5.08. The van der Waals surface area contributed by atoms with Crippen molar-refractivity contribution in [3.8, 4) is 5.75 Å². The van der Waals surface area contributed by atoms with Gasteiger partial charge in [-0.1, -0.05) is 12.1 Å². The Kier molecular flexibility index (Phi) is 2.47. The van der Waals surface area contributed by atoms with E-state index in [2.05, 4.69) is 4.18 Å². The number of para-hydroxylation sites is 1. The summed E-state index contributed by atoms with van der Waals surface area (Å²) in [5.41, 5.74) is 0.546. The van der Waals surface area contributed by atoms with Crippen molar-refractivity contribution in [1.82, 2.24) is 0 Å².